The number of hydrogen-bond acceptors (Lipinski definition) is 5. The second-order valence-electron chi connectivity index (χ2n) is 6.90. The summed E-state index contributed by atoms with van der Waals surface area (Å²) < 4.78 is 26.6. The summed E-state index contributed by atoms with van der Waals surface area (Å²) in [6.07, 6.45) is 0. The smallest absolute Gasteiger partial charge is 0.258 e. The molecule has 0 spiro atoms. The number of thioether (sulfide) groups is 1. The van der Waals surface area contributed by atoms with Crippen LogP contribution < -0.4 is 0 Å². The lowest BCUT2D eigenvalue weighted by molar-refractivity contribution is -0.386. The molecule has 0 aromatic heterocycles. The number of halogens is 2. The van der Waals surface area contributed by atoms with Crippen molar-refractivity contribution >= 4 is 23.1 Å². The Morgan fingerprint density at radius 2 is 1.11 bits per heavy atom. The molecule has 0 aliphatic rings. The quantitative estimate of drug-likeness (QED) is 0.463. The Bertz CT molecular complexity index is 843. The molecule has 0 aliphatic carbocycles. The van der Waals surface area contributed by atoms with E-state index in [0.717, 1.165) is 23.9 Å². The minimum atomic E-state index is -1.17. The second-order valence-corrected chi connectivity index (χ2v) is 9.15. The molecule has 0 radical (unpaired) electrons. The van der Waals surface area contributed by atoms with Gasteiger partial charge >= 0.3 is 0 Å². The first-order chi connectivity index (χ1) is 12.4. The number of nitro groups is 2. The van der Waals surface area contributed by atoms with Crippen LogP contribution in [0.2, 0.25) is 0 Å². The third-order valence-electron chi connectivity index (χ3n) is 4.09. The molecule has 6 nitrogen and oxygen atoms in total. The molecule has 0 saturated carbocycles. The van der Waals surface area contributed by atoms with E-state index in [2.05, 4.69) is 0 Å². The van der Waals surface area contributed by atoms with E-state index >= 15 is 0 Å². The van der Waals surface area contributed by atoms with Gasteiger partial charge in [0.2, 0.25) is 0 Å². The molecule has 0 heterocycles. The van der Waals surface area contributed by atoms with E-state index in [9.17, 15) is 29.0 Å². The van der Waals surface area contributed by atoms with Gasteiger partial charge in [-0.05, 0) is 39.8 Å². The predicted molar refractivity (Wildman–Crippen MR) is 99.8 cm³/mol. The van der Waals surface area contributed by atoms with Crippen LogP contribution in [0.4, 0.5) is 20.2 Å². The van der Waals surface area contributed by atoms with Gasteiger partial charge in [-0.1, -0.05) is 12.1 Å². The van der Waals surface area contributed by atoms with Crippen LogP contribution in [0.1, 0.15) is 38.8 Å². The monoisotopic (exact) mass is 396 g/mol. The fourth-order valence-corrected chi connectivity index (χ4v) is 5.15. The fourth-order valence-electron chi connectivity index (χ4n) is 3.26. The van der Waals surface area contributed by atoms with E-state index in [1.54, 1.807) is 27.7 Å². The van der Waals surface area contributed by atoms with Crippen molar-refractivity contribution < 1.29 is 18.6 Å². The summed E-state index contributed by atoms with van der Waals surface area (Å²) in [5, 5.41) is 22.7. The van der Waals surface area contributed by atoms with E-state index in [4.69, 9.17) is 0 Å². The van der Waals surface area contributed by atoms with Gasteiger partial charge in [-0.15, -0.1) is 11.8 Å². The molecule has 2 rings (SSSR count). The molecule has 0 saturated heterocycles. The normalized spacial score (nSPS) is 12.1. The van der Waals surface area contributed by atoms with E-state index in [1.807, 2.05) is 0 Å². The maximum absolute atomic E-state index is 14.5. The van der Waals surface area contributed by atoms with Gasteiger partial charge < -0.3 is 0 Å². The zero-order valence-electron chi connectivity index (χ0n) is 15.2. The Balaban J connectivity index is 2.60. The zero-order valence-corrected chi connectivity index (χ0v) is 16.0. The van der Waals surface area contributed by atoms with Crippen LogP contribution in [0.15, 0.2) is 36.4 Å². The maximum Gasteiger partial charge on any atom is 0.276 e. The van der Waals surface area contributed by atoms with Crippen LogP contribution in [0.5, 0.6) is 0 Å². The largest absolute Gasteiger partial charge is 0.276 e. The van der Waals surface area contributed by atoms with Crippen molar-refractivity contribution in [3.05, 3.63) is 79.4 Å². The van der Waals surface area contributed by atoms with Crippen LogP contribution in [-0.4, -0.2) is 9.85 Å². The lowest BCUT2D eigenvalue weighted by Crippen LogP contribution is -2.26. The van der Waals surface area contributed by atoms with E-state index < -0.39 is 42.3 Å². The molecule has 0 amide bonds. The highest BCUT2D eigenvalue weighted by Gasteiger charge is 2.42. The van der Waals surface area contributed by atoms with Crippen molar-refractivity contribution in [1.82, 2.24) is 0 Å². The number of rotatable bonds is 6. The zero-order chi connectivity index (χ0) is 20.6. The molecule has 27 heavy (non-hydrogen) atoms. The molecular formula is C18H18F2N2O4S. The van der Waals surface area contributed by atoms with E-state index in [0.29, 0.717) is 0 Å². The van der Waals surface area contributed by atoms with E-state index in [-0.39, 0.29) is 11.1 Å². The number of hydrogen-bond donors (Lipinski definition) is 0. The van der Waals surface area contributed by atoms with Gasteiger partial charge in [0.15, 0.2) is 0 Å². The SMILES string of the molecule is CC(C)(SC(C)(C)c1c(F)cccc1[N+](=O)[O-])c1c(F)cccc1[N+](=O)[O-]. The topological polar surface area (TPSA) is 86.3 Å². The lowest BCUT2D eigenvalue weighted by atomic mass is 9.98. The molecular weight excluding hydrogens is 378 g/mol. The third kappa shape index (κ3) is 4.08. The number of nitrogens with zero attached hydrogens (tertiary/aromatic N) is 2. The van der Waals surface area contributed by atoms with Crippen LogP contribution >= 0.6 is 11.8 Å². The summed E-state index contributed by atoms with van der Waals surface area (Å²) in [7, 11) is 0. The number of benzene rings is 2. The molecule has 0 N–H and O–H groups in total. The maximum atomic E-state index is 14.5. The van der Waals surface area contributed by atoms with Crippen LogP contribution in [0.3, 0.4) is 0 Å². The van der Waals surface area contributed by atoms with Crippen molar-refractivity contribution in [3.63, 3.8) is 0 Å². The van der Waals surface area contributed by atoms with Gasteiger partial charge in [-0.25, -0.2) is 8.78 Å². The average molecular weight is 396 g/mol. The molecule has 0 aliphatic heterocycles. The Labute approximate surface area is 158 Å². The molecule has 0 unspecified atom stereocenters. The Morgan fingerprint density at radius 3 is 1.41 bits per heavy atom. The molecule has 2 aromatic carbocycles. The molecule has 0 fully saturated rings. The minimum absolute atomic E-state index is 0.146. The van der Waals surface area contributed by atoms with E-state index in [1.165, 1.54) is 24.3 Å². The summed E-state index contributed by atoms with van der Waals surface area (Å²) in [6, 6.07) is 7.10. The van der Waals surface area contributed by atoms with Gasteiger partial charge in [-0.2, -0.15) is 0 Å². The summed E-state index contributed by atoms with van der Waals surface area (Å²) >= 11 is 1.01. The Kier molecular flexibility index (Phi) is 5.55. The van der Waals surface area contributed by atoms with Crippen LogP contribution in [0, 0.1) is 31.9 Å². The van der Waals surface area contributed by atoms with Crippen molar-refractivity contribution in [1.29, 1.82) is 0 Å². The minimum Gasteiger partial charge on any atom is -0.258 e. The number of nitro benzene ring substituents is 2. The molecule has 144 valence electrons. The fraction of sp³-hybridized carbons (Fsp3) is 0.333. The summed E-state index contributed by atoms with van der Waals surface area (Å²) in [5.74, 6) is -1.53. The average Bonchev–Trinajstić information content (AvgIpc) is 2.52. The van der Waals surface area contributed by atoms with Crippen molar-refractivity contribution in [2.45, 2.75) is 37.2 Å². The summed E-state index contributed by atoms with van der Waals surface area (Å²) in [4.78, 5) is 21.3. The van der Waals surface area contributed by atoms with Gasteiger partial charge in [0, 0.05) is 21.6 Å². The predicted octanol–water partition coefficient (Wildman–Crippen LogP) is 5.68. The standard InChI is InChI=1S/C18H18F2N2O4S/c1-17(2,15-11(19)7-5-9-13(15)21(23)24)27-18(3,4)16-12(20)8-6-10-14(16)22(25)26/h5-10H,1-4H3. The summed E-state index contributed by atoms with van der Waals surface area (Å²) in [6.45, 7) is 6.27. The van der Waals surface area contributed by atoms with Crippen molar-refractivity contribution in [2.75, 3.05) is 0 Å². The Morgan fingerprint density at radius 1 is 0.778 bits per heavy atom. The van der Waals surface area contributed by atoms with Crippen LogP contribution in [-0.2, 0) is 9.49 Å². The first-order valence-electron chi connectivity index (χ1n) is 7.95. The molecule has 9 heteroatoms. The first kappa shape index (κ1) is 20.8. The highest BCUT2D eigenvalue weighted by Crippen LogP contribution is 2.53. The first-order valence-corrected chi connectivity index (χ1v) is 8.77. The highest BCUT2D eigenvalue weighted by atomic mass is 32.2. The molecule has 0 bridgehead atoms. The Hall–Kier alpha value is -2.55. The third-order valence-corrected chi connectivity index (χ3v) is 5.52. The second kappa shape index (κ2) is 7.22. The molecule has 0 atom stereocenters. The van der Waals surface area contributed by atoms with Crippen molar-refractivity contribution in [3.8, 4) is 0 Å². The van der Waals surface area contributed by atoms with Gasteiger partial charge in [0.1, 0.15) is 11.6 Å². The van der Waals surface area contributed by atoms with Crippen molar-refractivity contribution in [2.24, 2.45) is 0 Å². The van der Waals surface area contributed by atoms with Gasteiger partial charge in [0.25, 0.3) is 11.4 Å². The molecule has 2 aromatic rings. The summed E-state index contributed by atoms with van der Waals surface area (Å²) in [5.41, 5.74) is -1.09. The lowest BCUT2D eigenvalue weighted by Gasteiger charge is -2.35. The van der Waals surface area contributed by atoms with Gasteiger partial charge in [0.05, 0.1) is 21.0 Å². The highest BCUT2D eigenvalue weighted by molar-refractivity contribution is 8.01. The van der Waals surface area contributed by atoms with Crippen LogP contribution in [0.25, 0.3) is 0 Å². The van der Waals surface area contributed by atoms with Gasteiger partial charge in [-0.3, -0.25) is 20.2 Å².